The fourth-order valence-electron chi connectivity index (χ4n) is 1.74. The monoisotopic (exact) mass is 190 g/mol. The number of alkyl halides is 1. The molecule has 1 aliphatic rings. The van der Waals surface area contributed by atoms with Crippen molar-refractivity contribution in [2.45, 2.75) is 51.5 Å². The van der Waals surface area contributed by atoms with Gasteiger partial charge >= 0.3 is 0 Å². The van der Waals surface area contributed by atoms with Gasteiger partial charge in [0.1, 0.15) is 0 Å². The normalized spacial score (nSPS) is 36.2. The molecule has 0 radical (unpaired) electrons. The first-order chi connectivity index (χ1) is 5.52. The van der Waals surface area contributed by atoms with Crippen LogP contribution >= 0.6 is 11.6 Å². The van der Waals surface area contributed by atoms with Crippen LogP contribution in [0.5, 0.6) is 0 Å². The van der Waals surface area contributed by atoms with Crippen molar-refractivity contribution < 1.29 is 4.74 Å². The molecular weight excluding hydrogens is 172 g/mol. The van der Waals surface area contributed by atoms with E-state index in [4.69, 9.17) is 16.3 Å². The molecule has 0 aromatic heterocycles. The molecule has 0 N–H and O–H groups in total. The van der Waals surface area contributed by atoms with Crippen LogP contribution < -0.4 is 0 Å². The van der Waals surface area contributed by atoms with Gasteiger partial charge in [0.2, 0.25) is 0 Å². The van der Waals surface area contributed by atoms with Crippen molar-refractivity contribution in [3.05, 3.63) is 0 Å². The van der Waals surface area contributed by atoms with E-state index < -0.39 is 0 Å². The summed E-state index contributed by atoms with van der Waals surface area (Å²) in [5.74, 6) is 0. The zero-order valence-corrected chi connectivity index (χ0v) is 9.03. The zero-order chi connectivity index (χ0) is 9.19. The molecule has 0 saturated heterocycles. The van der Waals surface area contributed by atoms with Crippen LogP contribution in [0.25, 0.3) is 0 Å². The minimum Gasteiger partial charge on any atom is -0.378 e. The van der Waals surface area contributed by atoms with Crippen molar-refractivity contribution in [1.29, 1.82) is 0 Å². The lowest BCUT2D eigenvalue weighted by Gasteiger charge is -2.24. The van der Waals surface area contributed by atoms with Crippen molar-refractivity contribution in [2.24, 2.45) is 5.41 Å². The van der Waals surface area contributed by atoms with Gasteiger partial charge in [-0.15, -0.1) is 11.6 Å². The molecule has 1 aliphatic carbocycles. The Morgan fingerprint density at radius 3 is 2.67 bits per heavy atom. The highest BCUT2D eigenvalue weighted by atomic mass is 35.5. The van der Waals surface area contributed by atoms with Crippen LogP contribution in [0.15, 0.2) is 0 Å². The van der Waals surface area contributed by atoms with Gasteiger partial charge in [-0.1, -0.05) is 6.92 Å². The molecule has 72 valence electrons. The Kier molecular flexibility index (Phi) is 3.42. The van der Waals surface area contributed by atoms with E-state index in [1.54, 1.807) is 0 Å². The quantitative estimate of drug-likeness (QED) is 0.621. The van der Waals surface area contributed by atoms with E-state index >= 15 is 0 Å². The van der Waals surface area contributed by atoms with Gasteiger partial charge in [-0.2, -0.15) is 0 Å². The molecule has 1 fully saturated rings. The second kappa shape index (κ2) is 3.97. The summed E-state index contributed by atoms with van der Waals surface area (Å²) in [7, 11) is 0. The van der Waals surface area contributed by atoms with E-state index in [-0.39, 0.29) is 0 Å². The number of hydrogen-bond acceptors (Lipinski definition) is 1. The Morgan fingerprint density at radius 1 is 1.58 bits per heavy atom. The minimum atomic E-state index is 0.344. The Morgan fingerprint density at radius 2 is 2.25 bits per heavy atom. The van der Waals surface area contributed by atoms with E-state index in [9.17, 15) is 0 Å². The van der Waals surface area contributed by atoms with E-state index in [2.05, 4.69) is 20.8 Å². The summed E-state index contributed by atoms with van der Waals surface area (Å²) in [5, 5.41) is 0.380. The molecule has 12 heavy (non-hydrogen) atoms. The predicted octanol–water partition coefficient (Wildman–Crippen LogP) is 3.21. The maximum atomic E-state index is 6.06. The number of rotatable bonds is 3. The fraction of sp³-hybridized carbons (Fsp3) is 1.00. The number of halogens is 1. The standard InChI is InChI=1S/C10H19ClO/c1-8(2)12-7-10(3)5-4-9(11)6-10/h8-9H,4-7H2,1-3H3. The van der Waals surface area contributed by atoms with Gasteiger partial charge in [-0.25, -0.2) is 0 Å². The second-order valence-electron chi connectivity index (χ2n) is 4.51. The third-order valence-corrected chi connectivity index (χ3v) is 2.91. The molecule has 0 spiro atoms. The predicted molar refractivity (Wildman–Crippen MR) is 52.7 cm³/mol. The van der Waals surface area contributed by atoms with Crippen LogP contribution in [0, 0.1) is 5.41 Å². The van der Waals surface area contributed by atoms with Gasteiger partial charge in [0.15, 0.2) is 0 Å². The second-order valence-corrected chi connectivity index (χ2v) is 5.13. The number of ether oxygens (including phenoxy) is 1. The molecule has 1 saturated carbocycles. The van der Waals surface area contributed by atoms with Gasteiger partial charge in [-0.3, -0.25) is 0 Å². The molecule has 2 heteroatoms. The topological polar surface area (TPSA) is 9.23 Å². The largest absolute Gasteiger partial charge is 0.378 e. The van der Waals surface area contributed by atoms with E-state index in [1.165, 1.54) is 6.42 Å². The summed E-state index contributed by atoms with van der Waals surface area (Å²) in [6.45, 7) is 7.30. The molecular formula is C10H19ClO. The maximum absolute atomic E-state index is 6.06. The van der Waals surface area contributed by atoms with Crippen molar-refractivity contribution >= 4 is 11.6 Å². The summed E-state index contributed by atoms with van der Waals surface area (Å²) >= 11 is 6.06. The zero-order valence-electron chi connectivity index (χ0n) is 8.27. The third kappa shape index (κ3) is 2.95. The van der Waals surface area contributed by atoms with Crippen LogP contribution in [0.4, 0.5) is 0 Å². The Labute approximate surface area is 80.4 Å². The smallest absolute Gasteiger partial charge is 0.0523 e. The molecule has 0 aliphatic heterocycles. The molecule has 2 atom stereocenters. The Bertz CT molecular complexity index is 147. The minimum absolute atomic E-state index is 0.344. The van der Waals surface area contributed by atoms with Gasteiger partial charge in [-0.05, 0) is 38.5 Å². The average Bonchev–Trinajstić information content (AvgIpc) is 2.29. The number of hydrogen-bond donors (Lipinski definition) is 0. The highest BCUT2D eigenvalue weighted by Gasteiger charge is 2.34. The fourth-order valence-corrected chi connectivity index (χ4v) is 2.22. The summed E-state index contributed by atoms with van der Waals surface area (Å²) in [5.41, 5.74) is 0.344. The van der Waals surface area contributed by atoms with Gasteiger partial charge in [0.25, 0.3) is 0 Å². The molecule has 0 bridgehead atoms. The highest BCUT2D eigenvalue weighted by molar-refractivity contribution is 6.20. The van der Waals surface area contributed by atoms with Gasteiger partial charge < -0.3 is 4.74 Å². The maximum Gasteiger partial charge on any atom is 0.0523 e. The van der Waals surface area contributed by atoms with E-state index in [1.807, 2.05) is 0 Å². The van der Waals surface area contributed by atoms with Gasteiger partial charge in [0, 0.05) is 5.38 Å². The molecule has 0 amide bonds. The first-order valence-electron chi connectivity index (χ1n) is 4.77. The van der Waals surface area contributed by atoms with Crippen LogP contribution in [0.1, 0.15) is 40.0 Å². The lowest BCUT2D eigenvalue weighted by molar-refractivity contribution is 0.0170. The van der Waals surface area contributed by atoms with Gasteiger partial charge in [0.05, 0.1) is 12.7 Å². The Hall–Kier alpha value is 0.250. The first-order valence-corrected chi connectivity index (χ1v) is 5.21. The SMILES string of the molecule is CC(C)OCC1(C)CCC(Cl)C1. The van der Waals surface area contributed by atoms with Crippen molar-refractivity contribution in [1.82, 2.24) is 0 Å². The summed E-state index contributed by atoms with van der Waals surface area (Å²) in [6.07, 6.45) is 3.82. The summed E-state index contributed by atoms with van der Waals surface area (Å²) in [6, 6.07) is 0. The third-order valence-electron chi connectivity index (χ3n) is 2.54. The highest BCUT2D eigenvalue weighted by Crippen LogP contribution is 2.40. The van der Waals surface area contributed by atoms with Crippen LogP contribution in [-0.2, 0) is 4.74 Å². The van der Waals surface area contributed by atoms with Crippen molar-refractivity contribution in [3.8, 4) is 0 Å². The van der Waals surface area contributed by atoms with E-state index in [0.717, 1.165) is 19.4 Å². The first kappa shape index (κ1) is 10.3. The van der Waals surface area contributed by atoms with Crippen molar-refractivity contribution in [2.75, 3.05) is 6.61 Å². The molecule has 0 aromatic rings. The van der Waals surface area contributed by atoms with Crippen LogP contribution in [0.3, 0.4) is 0 Å². The molecule has 0 heterocycles. The molecule has 1 rings (SSSR count). The summed E-state index contributed by atoms with van der Waals surface area (Å²) < 4.78 is 5.62. The molecule has 2 unspecified atom stereocenters. The molecule has 1 nitrogen and oxygen atoms in total. The summed E-state index contributed by atoms with van der Waals surface area (Å²) in [4.78, 5) is 0. The Balaban J connectivity index is 2.30. The van der Waals surface area contributed by atoms with Crippen LogP contribution in [0.2, 0.25) is 0 Å². The lowest BCUT2D eigenvalue weighted by atomic mass is 9.90. The molecule has 0 aromatic carbocycles. The van der Waals surface area contributed by atoms with Crippen molar-refractivity contribution in [3.63, 3.8) is 0 Å². The van der Waals surface area contributed by atoms with Crippen LogP contribution in [-0.4, -0.2) is 18.1 Å². The average molecular weight is 191 g/mol. The van der Waals surface area contributed by atoms with E-state index in [0.29, 0.717) is 16.9 Å². The lowest BCUT2D eigenvalue weighted by Crippen LogP contribution is -2.22.